The van der Waals surface area contributed by atoms with Crippen molar-refractivity contribution >= 4 is 12.2 Å². The van der Waals surface area contributed by atoms with Crippen molar-refractivity contribution in [3.8, 4) is 0 Å². The highest BCUT2D eigenvalue weighted by molar-refractivity contribution is 5.78. The summed E-state index contributed by atoms with van der Waals surface area (Å²) >= 11 is 0. The topological polar surface area (TPSA) is 46.2 Å². The van der Waals surface area contributed by atoms with E-state index in [2.05, 4.69) is 12.2 Å². The van der Waals surface area contributed by atoms with Gasteiger partial charge in [-0.2, -0.15) is 0 Å². The van der Waals surface area contributed by atoms with E-state index >= 15 is 0 Å². The minimum Gasteiger partial charge on any atom is -0.353 e. The van der Waals surface area contributed by atoms with Gasteiger partial charge in [-0.3, -0.25) is 4.79 Å². The number of aldehydes is 1. The van der Waals surface area contributed by atoms with E-state index in [1.807, 2.05) is 41.5 Å². The molecular formula is C17H35NO2. The van der Waals surface area contributed by atoms with Crippen molar-refractivity contribution in [3.05, 3.63) is 0 Å². The fraction of sp³-hybridized carbons (Fsp3) is 0.882. The van der Waals surface area contributed by atoms with Crippen LogP contribution in [0.15, 0.2) is 0 Å². The first-order valence-corrected chi connectivity index (χ1v) is 8.12. The molecule has 0 heterocycles. The van der Waals surface area contributed by atoms with Gasteiger partial charge in [-0.05, 0) is 31.6 Å². The van der Waals surface area contributed by atoms with E-state index < -0.39 is 0 Å². The summed E-state index contributed by atoms with van der Waals surface area (Å²) in [5, 5.41) is 3.10. The molecule has 0 aromatic rings. The van der Waals surface area contributed by atoms with Gasteiger partial charge in [-0.15, -0.1) is 0 Å². The molecule has 1 rings (SSSR count). The highest BCUT2D eigenvalue weighted by atomic mass is 16.1. The largest absolute Gasteiger partial charge is 0.353 e. The molecule has 3 heteroatoms. The highest BCUT2D eigenvalue weighted by Gasteiger charge is 2.20. The van der Waals surface area contributed by atoms with Crippen LogP contribution in [0.3, 0.4) is 0 Å². The van der Waals surface area contributed by atoms with E-state index in [-0.39, 0.29) is 17.7 Å². The lowest BCUT2D eigenvalue weighted by Crippen LogP contribution is -2.39. The summed E-state index contributed by atoms with van der Waals surface area (Å²) in [5.41, 5.74) is 0. The van der Waals surface area contributed by atoms with Crippen LogP contribution in [-0.2, 0) is 9.59 Å². The van der Waals surface area contributed by atoms with Gasteiger partial charge in [-0.25, -0.2) is 0 Å². The summed E-state index contributed by atoms with van der Waals surface area (Å²) < 4.78 is 0. The molecule has 0 aliphatic heterocycles. The van der Waals surface area contributed by atoms with E-state index in [1.54, 1.807) is 0 Å². The molecule has 0 atom stereocenters. The molecule has 1 amide bonds. The number of carbonyl (C=O) groups is 2. The molecule has 1 N–H and O–H groups in total. The molecule has 0 aromatic heterocycles. The van der Waals surface area contributed by atoms with Gasteiger partial charge in [0, 0.05) is 17.9 Å². The Balaban J connectivity index is 0. The van der Waals surface area contributed by atoms with Crippen molar-refractivity contribution < 1.29 is 9.59 Å². The van der Waals surface area contributed by atoms with Gasteiger partial charge in [0.05, 0.1) is 0 Å². The molecule has 0 bridgehead atoms. The molecule has 0 saturated heterocycles. The zero-order chi connectivity index (χ0) is 16.1. The Bertz CT molecular complexity index is 241. The zero-order valence-electron chi connectivity index (χ0n) is 14.5. The van der Waals surface area contributed by atoms with Gasteiger partial charge in [0.15, 0.2) is 0 Å². The van der Waals surface area contributed by atoms with Crippen molar-refractivity contribution in [2.24, 2.45) is 17.8 Å². The summed E-state index contributed by atoms with van der Waals surface area (Å²) in [6, 6.07) is 0.450. The fourth-order valence-electron chi connectivity index (χ4n) is 1.77. The van der Waals surface area contributed by atoms with Gasteiger partial charge in [0.2, 0.25) is 5.91 Å². The van der Waals surface area contributed by atoms with Crippen LogP contribution in [0.4, 0.5) is 0 Å². The van der Waals surface area contributed by atoms with E-state index in [9.17, 15) is 9.59 Å². The van der Waals surface area contributed by atoms with Crippen molar-refractivity contribution in [2.75, 3.05) is 0 Å². The Labute approximate surface area is 125 Å². The van der Waals surface area contributed by atoms with Gasteiger partial charge >= 0.3 is 0 Å². The summed E-state index contributed by atoms with van der Waals surface area (Å²) in [6.45, 7) is 13.9. The molecule has 0 unspecified atom stereocenters. The van der Waals surface area contributed by atoms with Crippen LogP contribution in [0.5, 0.6) is 0 Å². The van der Waals surface area contributed by atoms with Crippen LogP contribution in [0, 0.1) is 17.8 Å². The molecule has 3 nitrogen and oxygen atoms in total. The predicted molar refractivity (Wildman–Crippen MR) is 86.7 cm³/mol. The molecule has 0 radical (unpaired) electrons. The third-order valence-electron chi connectivity index (χ3n) is 3.16. The van der Waals surface area contributed by atoms with E-state index in [4.69, 9.17) is 0 Å². The van der Waals surface area contributed by atoms with Crippen LogP contribution in [0.25, 0.3) is 0 Å². The molecule has 20 heavy (non-hydrogen) atoms. The van der Waals surface area contributed by atoms with Crippen LogP contribution in [0.2, 0.25) is 0 Å². The number of hydrogen-bond donors (Lipinski definition) is 1. The lowest BCUT2D eigenvalue weighted by atomic mass is 9.87. The second kappa shape index (κ2) is 13.1. The third-order valence-corrected chi connectivity index (χ3v) is 3.16. The van der Waals surface area contributed by atoms with Crippen LogP contribution >= 0.6 is 0 Å². The quantitative estimate of drug-likeness (QED) is 0.790. The summed E-state index contributed by atoms with van der Waals surface area (Å²) in [7, 11) is 0. The highest BCUT2D eigenvalue weighted by Crippen LogP contribution is 2.23. The van der Waals surface area contributed by atoms with Gasteiger partial charge < -0.3 is 10.1 Å². The van der Waals surface area contributed by atoms with Crippen molar-refractivity contribution in [1.82, 2.24) is 5.32 Å². The lowest BCUT2D eigenvalue weighted by Gasteiger charge is -2.27. The summed E-state index contributed by atoms with van der Waals surface area (Å²) in [4.78, 5) is 20.9. The fourth-order valence-corrected chi connectivity index (χ4v) is 1.77. The average molecular weight is 285 g/mol. The SMILES string of the molecule is CC.CC(C)C=O.CC1CCC(NC(=O)C(C)C)CC1. The minimum atomic E-state index is 0.124. The molecule has 1 aliphatic rings. The molecule has 0 aromatic carbocycles. The van der Waals surface area contributed by atoms with Crippen molar-refractivity contribution in [3.63, 3.8) is 0 Å². The van der Waals surface area contributed by atoms with E-state index in [0.717, 1.165) is 12.2 Å². The predicted octanol–water partition coefficient (Wildman–Crippen LogP) is 4.20. The van der Waals surface area contributed by atoms with Crippen LogP contribution in [-0.4, -0.2) is 18.2 Å². The number of nitrogens with one attached hydrogen (secondary N) is 1. The standard InChI is InChI=1S/C11H21NO.C4H8O.C2H6/c1-8(2)11(13)12-10-6-4-9(3)5-7-10;1-4(2)3-5;1-2/h8-10H,4-7H2,1-3H3,(H,12,13);3-4H,1-2H3;1-2H3. The van der Waals surface area contributed by atoms with Crippen LogP contribution in [0.1, 0.15) is 74.1 Å². The maximum Gasteiger partial charge on any atom is 0.222 e. The first kappa shape index (κ1) is 21.4. The lowest BCUT2D eigenvalue weighted by molar-refractivity contribution is -0.125. The summed E-state index contributed by atoms with van der Waals surface area (Å²) in [5.74, 6) is 1.39. The Morgan fingerprint density at radius 3 is 1.75 bits per heavy atom. The van der Waals surface area contributed by atoms with E-state index in [0.29, 0.717) is 6.04 Å². The molecule has 1 aliphatic carbocycles. The zero-order valence-corrected chi connectivity index (χ0v) is 14.5. The first-order valence-electron chi connectivity index (χ1n) is 8.12. The van der Waals surface area contributed by atoms with Crippen LogP contribution < -0.4 is 5.32 Å². The third kappa shape index (κ3) is 12.2. The Morgan fingerprint density at radius 2 is 1.45 bits per heavy atom. The van der Waals surface area contributed by atoms with Gasteiger partial charge in [0.1, 0.15) is 6.29 Å². The van der Waals surface area contributed by atoms with Crippen molar-refractivity contribution in [2.45, 2.75) is 80.2 Å². The Hall–Kier alpha value is -0.860. The smallest absolute Gasteiger partial charge is 0.222 e. The summed E-state index contributed by atoms with van der Waals surface area (Å²) in [6.07, 6.45) is 5.78. The number of carbonyl (C=O) groups excluding carboxylic acids is 2. The first-order chi connectivity index (χ1) is 9.36. The Kier molecular flexibility index (Phi) is 14.1. The number of hydrogen-bond acceptors (Lipinski definition) is 2. The maximum absolute atomic E-state index is 11.4. The molecular weight excluding hydrogens is 250 g/mol. The average Bonchev–Trinajstić information content (AvgIpc) is 2.44. The van der Waals surface area contributed by atoms with E-state index in [1.165, 1.54) is 25.7 Å². The number of rotatable bonds is 3. The normalized spacial score (nSPS) is 21.2. The monoisotopic (exact) mass is 285 g/mol. The molecule has 0 spiro atoms. The van der Waals surface area contributed by atoms with Gasteiger partial charge in [0.25, 0.3) is 0 Å². The number of amides is 1. The second-order valence-corrected chi connectivity index (χ2v) is 6.00. The van der Waals surface area contributed by atoms with Crippen molar-refractivity contribution in [1.29, 1.82) is 0 Å². The second-order valence-electron chi connectivity index (χ2n) is 6.00. The minimum absolute atomic E-state index is 0.124. The molecule has 120 valence electrons. The molecule has 1 fully saturated rings. The Morgan fingerprint density at radius 1 is 1.05 bits per heavy atom. The maximum atomic E-state index is 11.4. The molecule has 1 saturated carbocycles. The van der Waals surface area contributed by atoms with Gasteiger partial charge in [-0.1, -0.05) is 48.5 Å².